The Morgan fingerprint density at radius 2 is 2.06 bits per heavy atom. The Balaban J connectivity index is 2.77. The summed E-state index contributed by atoms with van der Waals surface area (Å²) in [6.07, 6.45) is 0. The van der Waals surface area contributed by atoms with Crippen LogP contribution in [0.2, 0.25) is 0 Å². The molecule has 0 saturated carbocycles. The number of pyridine rings is 1. The van der Waals surface area contributed by atoms with Gasteiger partial charge >= 0.3 is 5.97 Å². The highest BCUT2D eigenvalue weighted by molar-refractivity contribution is 5.98. The molecule has 0 amide bonds. The number of rotatable bonds is 2. The van der Waals surface area contributed by atoms with Gasteiger partial charge in [0.25, 0.3) is 0 Å². The minimum absolute atomic E-state index is 0.106. The fraction of sp³-hybridized carbons (Fsp3) is 0.167. The van der Waals surface area contributed by atoms with Crippen LogP contribution in [0.25, 0.3) is 10.9 Å². The van der Waals surface area contributed by atoms with Crippen LogP contribution in [0.3, 0.4) is 0 Å². The summed E-state index contributed by atoms with van der Waals surface area (Å²) in [6.45, 7) is 0. The third kappa shape index (κ3) is 2.04. The van der Waals surface area contributed by atoms with E-state index in [4.69, 9.17) is 5.11 Å². The summed E-state index contributed by atoms with van der Waals surface area (Å²) in [5.74, 6) is -1.12. The normalized spacial score (nSPS) is 10.5. The van der Waals surface area contributed by atoms with Crippen LogP contribution in [0.1, 0.15) is 10.4 Å². The number of carbonyl (C=O) groups is 1. The van der Waals surface area contributed by atoms with Crippen LogP contribution in [0.4, 0.5) is 10.2 Å². The van der Waals surface area contributed by atoms with E-state index in [0.29, 0.717) is 16.7 Å². The quantitative estimate of drug-likeness (QED) is 0.864. The summed E-state index contributed by atoms with van der Waals surface area (Å²) in [5, 5.41) is 9.69. The van der Waals surface area contributed by atoms with Crippen molar-refractivity contribution < 1.29 is 14.3 Å². The van der Waals surface area contributed by atoms with Gasteiger partial charge in [0, 0.05) is 25.5 Å². The Kier molecular flexibility index (Phi) is 2.67. The van der Waals surface area contributed by atoms with Gasteiger partial charge in [-0.05, 0) is 18.2 Å². The SMILES string of the molecule is CN(C)c1nc2cc(F)ccc2cc1C(=O)O. The lowest BCUT2D eigenvalue weighted by molar-refractivity contribution is 0.0697. The van der Waals surface area contributed by atoms with Crippen LogP contribution in [0, 0.1) is 5.82 Å². The van der Waals surface area contributed by atoms with Crippen molar-refractivity contribution in [1.29, 1.82) is 0 Å². The summed E-state index contributed by atoms with van der Waals surface area (Å²) >= 11 is 0. The highest BCUT2D eigenvalue weighted by Crippen LogP contribution is 2.22. The molecule has 0 fully saturated rings. The first-order valence-corrected chi connectivity index (χ1v) is 5.00. The van der Waals surface area contributed by atoms with Crippen LogP contribution in [0.5, 0.6) is 0 Å². The maximum Gasteiger partial charge on any atom is 0.339 e. The Morgan fingerprint density at radius 1 is 1.35 bits per heavy atom. The van der Waals surface area contributed by atoms with Gasteiger partial charge < -0.3 is 10.0 Å². The average Bonchev–Trinajstić information content (AvgIpc) is 2.26. The summed E-state index contributed by atoms with van der Waals surface area (Å²) in [7, 11) is 3.39. The molecular weight excluding hydrogens is 223 g/mol. The lowest BCUT2D eigenvalue weighted by atomic mass is 10.1. The van der Waals surface area contributed by atoms with Crippen molar-refractivity contribution in [3.05, 3.63) is 35.6 Å². The Bertz CT molecular complexity index is 596. The van der Waals surface area contributed by atoms with Gasteiger partial charge in [-0.2, -0.15) is 0 Å². The van der Waals surface area contributed by atoms with Crippen molar-refractivity contribution in [2.24, 2.45) is 0 Å². The molecule has 1 N–H and O–H groups in total. The lowest BCUT2D eigenvalue weighted by Gasteiger charge is -2.14. The lowest BCUT2D eigenvalue weighted by Crippen LogP contribution is -2.15. The van der Waals surface area contributed by atoms with Crippen LogP contribution >= 0.6 is 0 Å². The number of benzene rings is 1. The highest BCUT2D eigenvalue weighted by Gasteiger charge is 2.14. The molecule has 0 atom stereocenters. The van der Waals surface area contributed by atoms with Crippen molar-refractivity contribution in [2.75, 3.05) is 19.0 Å². The molecule has 2 aromatic rings. The van der Waals surface area contributed by atoms with Gasteiger partial charge in [0.05, 0.1) is 5.52 Å². The zero-order valence-electron chi connectivity index (χ0n) is 9.44. The molecule has 4 nitrogen and oxygen atoms in total. The van der Waals surface area contributed by atoms with Crippen molar-refractivity contribution >= 4 is 22.7 Å². The molecule has 0 aliphatic carbocycles. The second-order valence-corrected chi connectivity index (χ2v) is 3.90. The van der Waals surface area contributed by atoms with E-state index >= 15 is 0 Å². The molecule has 1 heterocycles. The number of carboxylic acids is 1. The van der Waals surface area contributed by atoms with Gasteiger partial charge in [-0.1, -0.05) is 0 Å². The van der Waals surface area contributed by atoms with E-state index in [9.17, 15) is 9.18 Å². The number of carboxylic acid groups (broad SMARTS) is 1. The first kappa shape index (κ1) is 11.3. The van der Waals surface area contributed by atoms with Gasteiger partial charge in [0.15, 0.2) is 0 Å². The molecule has 17 heavy (non-hydrogen) atoms. The molecule has 2 rings (SSSR count). The predicted octanol–water partition coefficient (Wildman–Crippen LogP) is 2.14. The fourth-order valence-corrected chi connectivity index (χ4v) is 1.63. The van der Waals surface area contributed by atoms with Crippen LogP contribution in [0.15, 0.2) is 24.3 Å². The van der Waals surface area contributed by atoms with Crippen molar-refractivity contribution in [1.82, 2.24) is 4.98 Å². The van der Waals surface area contributed by atoms with Crippen LogP contribution in [-0.4, -0.2) is 30.2 Å². The number of nitrogens with zero attached hydrogens (tertiary/aromatic N) is 2. The number of aromatic nitrogens is 1. The van der Waals surface area contributed by atoms with E-state index < -0.39 is 11.8 Å². The minimum Gasteiger partial charge on any atom is -0.478 e. The van der Waals surface area contributed by atoms with Crippen molar-refractivity contribution in [2.45, 2.75) is 0 Å². The molecule has 88 valence electrons. The number of fused-ring (bicyclic) bond motifs is 1. The fourth-order valence-electron chi connectivity index (χ4n) is 1.63. The highest BCUT2D eigenvalue weighted by atomic mass is 19.1. The predicted molar refractivity (Wildman–Crippen MR) is 63.0 cm³/mol. The smallest absolute Gasteiger partial charge is 0.339 e. The molecule has 0 radical (unpaired) electrons. The van der Waals surface area contributed by atoms with Gasteiger partial charge in [-0.15, -0.1) is 0 Å². The molecule has 0 bridgehead atoms. The summed E-state index contributed by atoms with van der Waals surface area (Å²) in [4.78, 5) is 16.8. The van der Waals surface area contributed by atoms with E-state index in [0.717, 1.165) is 0 Å². The maximum absolute atomic E-state index is 13.1. The number of aromatic carboxylic acids is 1. The summed E-state index contributed by atoms with van der Waals surface area (Å²) < 4.78 is 13.1. The molecule has 0 aliphatic rings. The minimum atomic E-state index is -1.05. The van der Waals surface area contributed by atoms with E-state index in [1.807, 2.05) is 0 Å². The molecule has 0 unspecified atom stereocenters. The first-order chi connectivity index (χ1) is 7.99. The van der Waals surface area contributed by atoms with Gasteiger partial charge in [-0.25, -0.2) is 14.2 Å². The van der Waals surface area contributed by atoms with E-state index in [1.165, 1.54) is 24.3 Å². The average molecular weight is 234 g/mol. The Hall–Kier alpha value is -2.17. The molecule has 1 aromatic heterocycles. The third-order valence-electron chi connectivity index (χ3n) is 2.41. The van der Waals surface area contributed by atoms with Crippen LogP contribution < -0.4 is 4.90 Å². The number of hydrogen-bond donors (Lipinski definition) is 1. The monoisotopic (exact) mass is 234 g/mol. The maximum atomic E-state index is 13.1. The molecule has 5 heteroatoms. The second kappa shape index (κ2) is 4.01. The molecule has 1 aromatic carbocycles. The largest absolute Gasteiger partial charge is 0.478 e. The zero-order valence-corrected chi connectivity index (χ0v) is 9.44. The van der Waals surface area contributed by atoms with Crippen molar-refractivity contribution in [3.63, 3.8) is 0 Å². The van der Waals surface area contributed by atoms with E-state index in [-0.39, 0.29) is 5.56 Å². The molecule has 0 spiro atoms. The van der Waals surface area contributed by atoms with E-state index in [2.05, 4.69) is 4.98 Å². The van der Waals surface area contributed by atoms with Gasteiger partial charge in [-0.3, -0.25) is 0 Å². The van der Waals surface area contributed by atoms with Crippen LogP contribution in [-0.2, 0) is 0 Å². The Morgan fingerprint density at radius 3 is 2.65 bits per heavy atom. The summed E-state index contributed by atoms with van der Waals surface area (Å²) in [6, 6.07) is 5.59. The number of anilines is 1. The molecule has 0 saturated heterocycles. The first-order valence-electron chi connectivity index (χ1n) is 5.00. The topological polar surface area (TPSA) is 53.4 Å². The number of hydrogen-bond acceptors (Lipinski definition) is 3. The third-order valence-corrected chi connectivity index (χ3v) is 2.41. The van der Waals surface area contributed by atoms with Crippen molar-refractivity contribution in [3.8, 4) is 0 Å². The Labute approximate surface area is 97.3 Å². The van der Waals surface area contributed by atoms with Gasteiger partial charge in [0.2, 0.25) is 0 Å². The standard InChI is InChI=1S/C12H11FN2O2/c1-15(2)11-9(12(16)17)5-7-3-4-8(13)6-10(7)14-11/h3-6H,1-2H3,(H,16,17). The number of halogens is 1. The molecular formula is C12H11FN2O2. The van der Waals surface area contributed by atoms with E-state index in [1.54, 1.807) is 19.0 Å². The zero-order chi connectivity index (χ0) is 12.6. The molecule has 0 aliphatic heterocycles. The summed E-state index contributed by atoms with van der Waals surface area (Å²) in [5.41, 5.74) is 0.549. The second-order valence-electron chi connectivity index (χ2n) is 3.90. The van der Waals surface area contributed by atoms with Gasteiger partial charge in [0.1, 0.15) is 17.2 Å².